The maximum atomic E-state index is 13.0. The number of fused-ring (bicyclic) bond motifs is 1. The van der Waals surface area contributed by atoms with Crippen LogP contribution in [-0.4, -0.2) is 38.0 Å². The molecule has 0 bridgehead atoms. The van der Waals surface area contributed by atoms with Gasteiger partial charge in [-0.3, -0.25) is 4.79 Å². The van der Waals surface area contributed by atoms with Gasteiger partial charge in [0.15, 0.2) is 0 Å². The first kappa shape index (κ1) is 20.8. The van der Waals surface area contributed by atoms with Crippen molar-refractivity contribution in [2.75, 3.05) is 5.32 Å². The number of carbonyl (C=O) groups is 1. The van der Waals surface area contributed by atoms with E-state index in [1.807, 2.05) is 11.8 Å². The molecule has 0 radical (unpaired) electrons. The molecule has 0 spiro atoms. The van der Waals surface area contributed by atoms with Crippen LogP contribution in [0.1, 0.15) is 42.8 Å². The number of aryl methyl sites for hydroxylation is 1. The molecule has 4 aromatic rings. The minimum absolute atomic E-state index is 0.0821. The van der Waals surface area contributed by atoms with E-state index in [0.717, 1.165) is 52.1 Å². The Morgan fingerprint density at radius 3 is 2.68 bits per heavy atom. The minimum atomic E-state index is 0.0821. The Balaban J connectivity index is 1.27. The highest BCUT2D eigenvalue weighted by Gasteiger charge is 2.33. The van der Waals surface area contributed by atoms with Gasteiger partial charge in [0.25, 0.3) is 0 Å². The quantitative estimate of drug-likeness (QED) is 0.408. The highest BCUT2D eigenvalue weighted by atomic mass is 16.5. The number of nitrogens with zero attached hydrogens (tertiary/aromatic N) is 4. The number of amides is 1. The number of carbonyl (C=O) groups excluding carboxylic acids is 1. The van der Waals surface area contributed by atoms with Gasteiger partial charge in [0.05, 0.1) is 18.1 Å². The molecule has 2 aromatic carbocycles. The first-order valence-corrected chi connectivity index (χ1v) is 12.0. The first-order valence-electron chi connectivity index (χ1n) is 12.0. The summed E-state index contributed by atoms with van der Waals surface area (Å²) in [6.45, 7) is 2.53. The largest absolute Gasteiger partial charge is 0.367 e. The molecule has 2 fully saturated rings. The van der Waals surface area contributed by atoms with E-state index >= 15 is 0 Å². The summed E-state index contributed by atoms with van der Waals surface area (Å²) in [6.07, 6.45) is 6.33. The average Bonchev–Trinajstić information content (AvgIpc) is 3.77. The van der Waals surface area contributed by atoms with Crippen molar-refractivity contribution in [1.82, 2.24) is 20.0 Å². The summed E-state index contributed by atoms with van der Waals surface area (Å²) in [5, 5.41) is 8.32. The molecule has 0 aliphatic heterocycles. The third kappa shape index (κ3) is 4.51. The van der Waals surface area contributed by atoms with Crippen LogP contribution in [0.3, 0.4) is 0 Å². The molecule has 172 valence electrons. The highest BCUT2D eigenvalue weighted by molar-refractivity contribution is 5.93. The summed E-state index contributed by atoms with van der Waals surface area (Å²) in [4.78, 5) is 24.3. The van der Waals surface area contributed by atoms with Crippen molar-refractivity contribution in [3.05, 3.63) is 71.9 Å². The number of nitrogens with one attached hydrogen (secondary N) is 1. The van der Waals surface area contributed by atoms with Crippen molar-refractivity contribution in [2.45, 2.75) is 57.7 Å². The van der Waals surface area contributed by atoms with Crippen LogP contribution in [0.5, 0.6) is 0 Å². The second kappa shape index (κ2) is 8.56. The molecule has 1 amide bonds. The lowest BCUT2D eigenvalue weighted by molar-refractivity contribution is -0.132. The van der Waals surface area contributed by atoms with Crippen molar-refractivity contribution < 1.29 is 9.32 Å². The van der Waals surface area contributed by atoms with E-state index in [2.05, 4.69) is 62.9 Å². The Labute approximate surface area is 198 Å². The number of rotatable bonds is 8. The number of hydrogen-bond acceptors (Lipinski definition) is 6. The lowest BCUT2D eigenvalue weighted by atomic mass is 10.0. The summed E-state index contributed by atoms with van der Waals surface area (Å²) in [5.74, 6) is 2.38. The lowest BCUT2D eigenvalue weighted by Gasteiger charge is -2.22. The van der Waals surface area contributed by atoms with Crippen molar-refractivity contribution >= 4 is 22.6 Å². The Kier molecular flexibility index (Phi) is 5.24. The fourth-order valence-corrected chi connectivity index (χ4v) is 4.39. The van der Waals surface area contributed by atoms with E-state index in [9.17, 15) is 4.79 Å². The van der Waals surface area contributed by atoms with Gasteiger partial charge in [-0.2, -0.15) is 0 Å². The first-order chi connectivity index (χ1) is 16.6. The van der Waals surface area contributed by atoms with Gasteiger partial charge in [0.2, 0.25) is 5.91 Å². The second-order valence-corrected chi connectivity index (χ2v) is 9.38. The smallest absolute Gasteiger partial charge is 0.230 e. The summed E-state index contributed by atoms with van der Waals surface area (Å²) in [7, 11) is 0. The molecule has 6 rings (SSSR count). The molecular formula is C27H27N5O2. The van der Waals surface area contributed by atoms with E-state index in [1.165, 1.54) is 12.8 Å². The van der Waals surface area contributed by atoms with Crippen LogP contribution in [0.4, 0.5) is 5.82 Å². The second-order valence-electron chi connectivity index (χ2n) is 9.38. The third-order valence-electron chi connectivity index (χ3n) is 6.46. The molecule has 7 heteroatoms. The zero-order chi connectivity index (χ0) is 23.1. The van der Waals surface area contributed by atoms with Crippen molar-refractivity contribution in [3.8, 4) is 11.1 Å². The van der Waals surface area contributed by atoms with Gasteiger partial charge in [-0.25, -0.2) is 9.97 Å². The Morgan fingerprint density at radius 2 is 1.91 bits per heavy atom. The van der Waals surface area contributed by atoms with Crippen LogP contribution in [0.2, 0.25) is 0 Å². The van der Waals surface area contributed by atoms with Gasteiger partial charge in [-0.05, 0) is 67.5 Å². The minimum Gasteiger partial charge on any atom is -0.367 e. The summed E-state index contributed by atoms with van der Waals surface area (Å²) in [5.41, 5.74) is 4.31. The van der Waals surface area contributed by atoms with Crippen LogP contribution in [0.25, 0.3) is 22.0 Å². The Bertz CT molecular complexity index is 1340. The van der Waals surface area contributed by atoms with E-state index < -0.39 is 0 Å². The molecule has 0 unspecified atom stereocenters. The fourth-order valence-electron chi connectivity index (χ4n) is 4.39. The SMILES string of the molecule is Cc1nc(NC2CC2)c2cc(-c3cccc(CN(C(=O)Cc4ccno4)C4CC4)c3)ccc2n1. The normalized spacial score (nSPS) is 15.4. The summed E-state index contributed by atoms with van der Waals surface area (Å²) < 4.78 is 5.15. The molecule has 2 aromatic heterocycles. The predicted molar refractivity (Wildman–Crippen MR) is 130 cm³/mol. The molecule has 7 nitrogen and oxygen atoms in total. The van der Waals surface area contributed by atoms with Crippen molar-refractivity contribution in [2.24, 2.45) is 0 Å². The number of hydrogen-bond donors (Lipinski definition) is 1. The number of anilines is 1. The third-order valence-corrected chi connectivity index (χ3v) is 6.46. The van der Waals surface area contributed by atoms with E-state index in [4.69, 9.17) is 4.52 Å². The average molecular weight is 454 g/mol. The molecular weight excluding hydrogens is 426 g/mol. The topological polar surface area (TPSA) is 84.2 Å². The van der Waals surface area contributed by atoms with Gasteiger partial charge in [-0.1, -0.05) is 29.4 Å². The lowest BCUT2D eigenvalue weighted by Crippen LogP contribution is -2.33. The molecule has 2 heterocycles. The maximum absolute atomic E-state index is 13.0. The molecule has 34 heavy (non-hydrogen) atoms. The summed E-state index contributed by atoms with van der Waals surface area (Å²) >= 11 is 0. The Morgan fingerprint density at radius 1 is 1.06 bits per heavy atom. The van der Waals surface area contributed by atoms with E-state index in [1.54, 1.807) is 12.3 Å². The van der Waals surface area contributed by atoms with Gasteiger partial charge < -0.3 is 14.7 Å². The van der Waals surface area contributed by atoms with Crippen molar-refractivity contribution in [3.63, 3.8) is 0 Å². The van der Waals surface area contributed by atoms with E-state index in [0.29, 0.717) is 24.4 Å². The van der Waals surface area contributed by atoms with Crippen LogP contribution >= 0.6 is 0 Å². The zero-order valence-corrected chi connectivity index (χ0v) is 19.2. The zero-order valence-electron chi connectivity index (χ0n) is 19.2. The Hall–Kier alpha value is -3.74. The highest BCUT2D eigenvalue weighted by Crippen LogP contribution is 2.33. The maximum Gasteiger partial charge on any atom is 0.230 e. The van der Waals surface area contributed by atoms with Crippen molar-refractivity contribution in [1.29, 1.82) is 0 Å². The molecule has 1 N–H and O–H groups in total. The van der Waals surface area contributed by atoms with Gasteiger partial charge in [0, 0.05) is 30.1 Å². The standard InChI is InChI=1S/C27H27N5O2/c1-17-29-25-10-5-20(14-24(25)27(30-17)31-21-6-7-21)19-4-2-3-18(13-19)16-32(22-8-9-22)26(33)15-23-11-12-28-34-23/h2-5,10-14,21-22H,6-9,15-16H2,1H3,(H,29,30,31). The molecule has 0 atom stereocenters. The van der Waals surface area contributed by atoms with Gasteiger partial charge in [0.1, 0.15) is 17.4 Å². The number of aromatic nitrogens is 3. The number of benzene rings is 2. The fraction of sp³-hybridized carbons (Fsp3) is 0.333. The predicted octanol–water partition coefficient (Wildman–Crippen LogP) is 4.90. The van der Waals surface area contributed by atoms with Crippen LogP contribution in [-0.2, 0) is 17.8 Å². The molecule has 0 saturated heterocycles. The van der Waals surface area contributed by atoms with E-state index in [-0.39, 0.29) is 12.3 Å². The molecule has 2 aliphatic rings. The van der Waals surface area contributed by atoms with Gasteiger partial charge >= 0.3 is 0 Å². The van der Waals surface area contributed by atoms with Crippen LogP contribution in [0, 0.1) is 6.92 Å². The molecule has 2 saturated carbocycles. The summed E-state index contributed by atoms with van der Waals surface area (Å²) in [6, 6.07) is 17.4. The molecule has 2 aliphatic carbocycles. The van der Waals surface area contributed by atoms with Crippen LogP contribution in [0.15, 0.2) is 59.3 Å². The van der Waals surface area contributed by atoms with Gasteiger partial charge in [-0.15, -0.1) is 0 Å². The monoisotopic (exact) mass is 453 g/mol. The van der Waals surface area contributed by atoms with Crippen LogP contribution < -0.4 is 5.32 Å².